The van der Waals surface area contributed by atoms with Crippen LogP contribution in [0, 0.1) is 10.1 Å². The molecule has 0 amide bonds. The molecular weight excluding hydrogens is 218 g/mol. The van der Waals surface area contributed by atoms with Crippen LogP contribution >= 0.6 is 0 Å². The zero-order valence-electron chi connectivity index (χ0n) is 8.84. The van der Waals surface area contributed by atoms with Crippen molar-refractivity contribution < 1.29 is 19.8 Å². The van der Waals surface area contributed by atoms with Gasteiger partial charge in [-0.15, -0.1) is 10.1 Å². The van der Waals surface area contributed by atoms with Gasteiger partial charge in [0, 0.05) is 0 Å². The molecule has 8 heteroatoms. The van der Waals surface area contributed by atoms with Crippen LogP contribution in [0.3, 0.4) is 0 Å². The Morgan fingerprint density at radius 2 is 2.00 bits per heavy atom. The van der Waals surface area contributed by atoms with Crippen LogP contribution in [0.15, 0.2) is 18.2 Å². The average Bonchev–Trinajstić information content (AvgIpc) is 2.26. The molecule has 0 aromatic heterocycles. The first kappa shape index (κ1) is 13.8. The zero-order valence-corrected chi connectivity index (χ0v) is 8.84. The standard InChI is InChI=1S/C8H12N2O2.HNO3/c1-11-7-5-3-4-6(10-9)8(7)12-2;2-1(3)4/h3-5,10H,9H2,1-2H3;(H,2,3,4). The fourth-order valence-electron chi connectivity index (χ4n) is 1.00. The number of nitrogens with zero attached hydrogens (tertiary/aromatic N) is 1. The number of rotatable bonds is 3. The van der Waals surface area contributed by atoms with E-state index in [9.17, 15) is 0 Å². The third kappa shape index (κ3) is 4.33. The molecule has 0 saturated carbocycles. The first-order valence-corrected chi connectivity index (χ1v) is 4.07. The van der Waals surface area contributed by atoms with Gasteiger partial charge in [0.15, 0.2) is 11.5 Å². The normalized spacial score (nSPS) is 8.44. The van der Waals surface area contributed by atoms with Gasteiger partial charge >= 0.3 is 0 Å². The van der Waals surface area contributed by atoms with Gasteiger partial charge < -0.3 is 20.1 Å². The van der Waals surface area contributed by atoms with Crippen LogP contribution in [-0.4, -0.2) is 24.5 Å². The van der Waals surface area contributed by atoms with E-state index in [1.807, 2.05) is 6.07 Å². The highest BCUT2D eigenvalue weighted by Crippen LogP contribution is 2.33. The van der Waals surface area contributed by atoms with Gasteiger partial charge in [0.2, 0.25) is 0 Å². The topological polar surface area (TPSA) is 120 Å². The molecule has 90 valence electrons. The van der Waals surface area contributed by atoms with Crippen LogP contribution in [0.4, 0.5) is 5.69 Å². The maximum Gasteiger partial charge on any atom is 0.291 e. The highest BCUT2D eigenvalue weighted by molar-refractivity contribution is 5.62. The van der Waals surface area contributed by atoms with Crippen LogP contribution < -0.4 is 20.7 Å². The summed E-state index contributed by atoms with van der Waals surface area (Å²) in [6.07, 6.45) is 0. The molecule has 0 unspecified atom stereocenters. The van der Waals surface area contributed by atoms with Gasteiger partial charge in [0.25, 0.3) is 5.09 Å². The van der Waals surface area contributed by atoms with E-state index in [2.05, 4.69) is 5.43 Å². The van der Waals surface area contributed by atoms with Crippen molar-refractivity contribution in [1.29, 1.82) is 0 Å². The lowest BCUT2D eigenvalue weighted by molar-refractivity contribution is -0.742. The van der Waals surface area contributed by atoms with E-state index in [0.29, 0.717) is 17.2 Å². The number of nitrogens with one attached hydrogen (secondary N) is 1. The summed E-state index contributed by atoms with van der Waals surface area (Å²) in [5.41, 5.74) is 3.22. The van der Waals surface area contributed by atoms with Crippen LogP contribution in [0.1, 0.15) is 0 Å². The Bertz CT molecular complexity index is 318. The van der Waals surface area contributed by atoms with E-state index in [0.717, 1.165) is 0 Å². The van der Waals surface area contributed by atoms with Gasteiger partial charge in [-0.25, -0.2) is 0 Å². The van der Waals surface area contributed by atoms with Crippen LogP contribution in [0.5, 0.6) is 11.5 Å². The Hall–Kier alpha value is -2.22. The molecule has 0 bridgehead atoms. The second kappa shape index (κ2) is 7.12. The number of hydrogen-bond acceptors (Lipinski definition) is 6. The average molecular weight is 231 g/mol. The summed E-state index contributed by atoms with van der Waals surface area (Å²) in [4.78, 5) is 8.36. The Balaban J connectivity index is 0.000000487. The molecular formula is C8H13N3O5. The van der Waals surface area contributed by atoms with Crippen LogP contribution in [0.25, 0.3) is 0 Å². The monoisotopic (exact) mass is 231 g/mol. The van der Waals surface area contributed by atoms with Crippen molar-refractivity contribution in [3.8, 4) is 11.5 Å². The molecule has 16 heavy (non-hydrogen) atoms. The van der Waals surface area contributed by atoms with Crippen molar-refractivity contribution in [3.05, 3.63) is 28.3 Å². The summed E-state index contributed by atoms with van der Waals surface area (Å²) in [5, 5.41) is 13.6. The third-order valence-electron chi connectivity index (χ3n) is 1.56. The fourth-order valence-corrected chi connectivity index (χ4v) is 1.00. The smallest absolute Gasteiger partial charge is 0.291 e. The molecule has 0 radical (unpaired) electrons. The second-order valence-electron chi connectivity index (χ2n) is 2.42. The fraction of sp³-hybridized carbons (Fsp3) is 0.250. The summed E-state index contributed by atoms with van der Waals surface area (Å²) in [6, 6.07) is 5.44. The second-order valence-corrected chi connectivity index (χ2v) is 2.42. The van der Waals surface area contributed by atoms with E-state index >= 15 is 0 Å². The number of ether oxygens (including phenoxy) is 2. The van der Waals surface area contributed by atoms with E-state index in [1.54, 1.807) is 26.4 Å². The van der Waals surface area contributed by atoms with Crippen molar-refractivity contribution in [2.24, 2.45) is 5.84 Å². The molecule has 1 rings (SSSR count). The maximum atomic E-state index is 8.36. The summed E-state index contributed by atoms with van der Waals surface area (Å²) in [6.45, 7) is 0. The Kier molecular flexibility index (Phi) is 6.13. The summed E-state index contributed by atoms with van der Waals surface area (Å²) in [5.74, 6) is 6.54. The third-order valence-corrected chi connectivity index (χ3v) is 1.56. The molecule has 0 heterocycles. The van der Waals surface area contributed by atoms with Gasteiger partial charge in [-0.05, 0) is 12.1 Å². The van der Waals surface area contributed by atoms with Crippen molar-refractivity contribution in [2.75, 3.05) is 19.6 Å². The molecule has 0 saturated heterocycles. The number of nitrogens with two attached hydrogens (primary N) is 1. The number of methoxy groups -OCH3 is 2. The summed E-state index contributed by atoms with van der Waals surface area (Å²) in [7, 11) is 3.15. The molecule has 8 nitrogen and oxygen atoms in total. The number of para-hydroxylation sites is 1. The van der Waals surface area contributed by atoms with Gasteiger partial charge in [0.05, 0.1) is 19.9 Å². The number of benzene rings is 1. The van der Waals surface area contributed by atoms with E-state index < -0.39 is 5.09 Å². The molecule has 0 spiro atoms. The molecule has 0 aliphatic rings. The SMILES string of the molecule is COc1cccc(NN)c1OC.O=[N+]([O-])O. The molecule has 1 aromatic carbocycles. The minimum atomic E-state index is -1.50. The molecule has 0 fully saturated rings. The number of hydrazine groups is 1. The van der Waals surface area contributed by atoms with Crippen molar-refractivity contribution in [3.63, 3.8) is 0 Å². The lowest BCUT2D eigenvalue weighted by Crippen LogP contribution is -2.08. The van der Waals surface area contributed by atoms with Crippen LogP contribution in [-0.2, 0) is 0 Å². The summed E-state index contributed by atoms with van der Waals surface area (Å²) >= 11 is 0. The number of anilines is 1. The van der Waals surface area contributed by atoms with Gasteiger partial charge in [-0.2, -0.15) is 0 Å². The molecule has 1 aromatic rings. The summed E-state index contributed by atoms with van der Waals surface area (Å²) < 4.78 is 10.1. The lowest BCUT2D eigenvalue weighted by atomic mass is 10.3. The van der Waals surface area contributed by atoms with E-state index in [4.69, 9.17) is 30.6 Å². The quantitative estimate of drug-likeness (QED) is 0.396. The van der Waals surface area contributed by atoms with Crippen LogP contribution in [0.2, 0.25) is 0 Å². The van der Waals surface area contributed by atoms with Gasteiger partial charge in [0.1, 0.15) is 0 Å². The zero-order chi connectivity index (χ0) is 12.6. The predicted octanol–water partition coefficient (Wildman–Crippen LogP) is 0.642. The maximum absolute atomic E-state index is 8.36. The van der Waals surface area contributed by atoms with Crippen molar-refractivity contribution in [2.45, 2.75) is 0 Å². The van der Waals surface area contributed by atoms with Crippen molar-refractivity contribution in [1.82, 2.24) is 0 Å². The predicted molar refractivity (Wildman–Crippen MR) is 56.1 cm³/mol. The number of hydrogen-bond donors (Lipinski definition) is 3. The first-order chi connectivity index (χ1) is 7.56. The number of nitrogen functional groups attached to an aromatic ring is 1. The van der Waals surface area contributed by atoms with Crippen molar-refractivity contribution >= 4 is 5.69 Å². The van der Waals surface area contributed by atoms with Gasteiger partial charge in [-0.1, -0.05) is 6.07 Å². The lowest BCUT2D eigenvalue weighted by Gasteiger charge is -2.10. The van der Waals surface area contributed by atoms with E-state index in [-0.39, 0.29) is 0 Å². The van der Waals surface area contributed by atoms with E-state index in [1.165, 1.54) is 0 Å². The highest BCUT2D eigenvalue weighted by Gasteiger charge is 2.06. The first-order valence-electron chi connectivity index (χ1n) is 4.07. The highest BCUT2D eigenvalue weighted by atomic mass is 16.9. The molecule has 4 N–H and O–H groups in total. The Morgan fingerprint density at radius 3 is 2.38 bits per heavy atom. The minimum absolute atomic E-state index is 0.613. The molecule has 0 aliphatic carbocycles. The largest absolute Gasteiger partial charge is 0.493 e. The van der Waals surface area contributed by atoms with Gasteiger partial charge in [-0.3, -0.25) is 5.84 Å². The molecule has 0 atom stereocenters. The molecule has 0 aliphatic heterocycles. The minimum Gasteiger partial charge on any atom is -0.493 e. The Labute approximate surface area is 91.7 Å². The Morgan fingerprint density at radius 1 is 1.44 bits per heavy atom.